The number of hydrogen-bond donors (Lipinski definition) is 0. The first kappa shape index (κ1) is 18.7. The molecule has 1 saturated carbocycles. The molecule has 0 amide bonds. The highest BCUT2D eigenvalue weighted by Crippen LogP contribution is 2.36. The van der Waals surface area contributed by atoms with E-state index in [0.717, 1.165) is 11.8 Å². The van der Waals surface area contributed by atoms with Crippen molar-refractivity contribution in [3.8, 4) is 0 Å². The van der Waals surface area contributed by atoms with Gasteiger partial charge in [0.25, 0.3) is 0 Å². The molecule has 1 heteroatoms. The summed E-state index contributed by atoms with van der Waals surface area (Å²) in [5, 5.41) is 0. The van der Waals surface area contributed by atoms with Crippen LogP contribution in [0.2, 0.25) is 0 Å². The first-order valence-corrected chi connectivity index (χ1v) is 10.4. The van der Waals surface area contributed by atoms with Crippen molar-refractivity contribution in [2.75, 3.05) is 0 Å². The smallest absolute Gasteiger partial charge is 0.0574 e. The Morgan fingerprint density at radius 3 is 2.35 bits per heavy atom. The first-order chi connectivity index (χ1) is 11.1. The molecular formula is C22H39N. The van der Waals surface area contributed by atoms with Crippen LogP contribution in [0.1, 0.15) is 105 Å². The number of nitrogens with zero attached hydrogens (tertiary/aromatic N) is 1. The highest BCUT2D eigenvalue weighted by molar-refractivity contribution is 5.90. The Morgan fingerprint density at radius 2 is 1.74 bits per heavy atom. The Labute approximate surface area is 145 Å². The van der Waals surface area contributed by atoms with Gasteiger partial charge in [-0.2, -0.15) is 0 Å². The summed E-state index contributed by atoms with van der Waals surface area (Å²) in [6.07, 6.45) is 18.4. The second-order valence-corrected chi connectivity index (χ2v) is 8.17. The predicted molar refractivity (Wildman–Crippen MR) is 103 cm³/mol. The topological polar surface area (TPSA) is 12.4 Å². The van der Waals surface area contributed by atoms with Crippen molar-refractivity contribution in [2.45, 2.75) is 110 Å². The maximum atomic E-state index is 5.48. The maximum absolute atomic E-state index is 5.48. The van der Waals surface area contributed by atoms with Gasteiger partial charge in [0.1, 0.15) is 0 Å². The van der Waals surface area contributed by atoms with Crippen molar-refractivity contribution in [1.29, 1.82) is 0 Å². The molecule has 0 aliphatic heterocycles. The highest BCUT2D eigenvalue weighted by Gasteiger charge is 2.30. The third-order valence-corrected chi connectivity index (χ3v) is 6.39. The van der Waals surface area contributed by atoms with Crippen LogP contribution in [0.5, 0.6) is 0 Å². The minimum absolute atomic E-state index is 0.166. The van der Waals surface area contributed by atoms with E-state index in [-0.39, 0.29) is 5.54 Å². The van der Waals surface area contributed by atoms with Crippen molar-refractivity contribution in [2.24, 2.45) is 16.8 Å². The van der Waals surface area contributed by atoms with E-state index in [9.17, 15) is 0 Å². The number of aliphatic imine (C=N–C) groups is 1. The van der Waals surface area contributed by atoms with Gasteiger partial charge in [-0.25, -0.2) is 0 Å². The summed E-state index contributed by atoms with van der Waals surface area (Å²) >= 11 is 0. The fourth-order valence-corrected chi connectivity index (χ4v) is 4.40. The van der Waals surface area contributed by atoms with Gasteiger partial charge in [0.2, 0.25) is 0 Å². The van der Waals surface area contributed by atoms with Gasteiger partial charge in [0.15, 0.2) is 0 Å². The minimum atomic E-state index is 0.166. The Hall–Kier alpha value is -0.590. The second-order valence-electron chi connectivity index (χ2n) is 8.17. The van der Waals surface area contributed by atoms with Crippen molar-refractivity contribution in [3.63, 3.8) is 0 Å². The molecule has 0 aromatic rings. The van der Waals surface area contributed by atoms with Gasteiger partial charge in [0.05, 0.1) is 5.54 Å². The lowest BCUT2D eigenvalue weighted by Gasteiger charge is -2.35. The zero-order valence-corrected chi connectivity index (χ0v) is 16.2. The third kappa shape index (κ3) is 5.19. The summed E-state index contributed by atoms with van der Waals surface area (Å²) in [6.45, 7) is 9.32. The van der Waals surface area contributed by atoms with Gasteiger partial charge in [-0.1, -0.05) is 58.1 Å². The molecule has 23 heavy (non-hydrogen) atoms. The quantitative estimate of drug-likeness (QED) is 0.350. The summed E-state index contributed by atoms with van der Waals surface area (Å²) in [6, 6.07) is 0. The van der Waals surface area contributed by atoms with Gasteiger partial charge in [-0.15, -0.1) is 0 Å². The van der Waals surface area contributed by atoms with Crippen LogP contribution in [0.15, 0.2) is 16.6 Å². The van der Waals surface area contributed by atoms with Crippen molar-refractivity contribution >= 4 is 5.71 Å². The molecule has 0 aromatic carbocycles. The number of hydrogen-bond acceptors (Lipinski definition) is 1. The number of rotatable bonds is 7. The minimum Gasteiger partial charge on any atom is -0.287 e. The first-order valence-electron chi connectivity index (χ1n) is 10.4. The van der Waals surface area contributed by atoms with Gasteiger partial charge in [-0.3, -0.25) is 4.99 Å². The summed E-state index contributed by atoms with van der Waals surface area (Å²) in [5.41, 5.74) is 3.50. The molecule has 0 heterocycles. The number of allylic oxidation sites excluding steroid dienone is 2. The van der Waals surface area contributed by atoms with Crippen LogP contribution in [0, 0.1) is 11.8 Å². The van der Waals surface area contributed by atoms with Crippen LogP contribution >= 0.6 is 0 Å². The molecular weight excluding hydrogens is 278 g/mol. The Kier molecular flexibility index (Phi) is 7.37. The second kappa shape index (κ2) is 9.04. The van der Waals surface area contributed by atoms with Crippen LogP contribution in [0.25, 0.3) is 0 Å². The van der Waals surface area contributed by atoms with E-state index in [0.29, 0.717) is 0 Å². The van der Waals surface area contributed by atoms with E-state index >= 15 is 0 Å². The lowest BCUT2D eigenvalue weighted by Crippen LogP contribution is -2.32. The molecule has 2 rings (SSSR count). The van der Waals surface area contributed by atoms with Gasteiger partial charge >= 0.3 is 0 Å². The van der Waals surface area contributed by atoms with Crippen molar-refractivity contribution in [1.82, 2.24) is 0 Å². The van der Waals surface area contributed by atoms with E-state index in [1.807, 2.05) is 0 Å². The van der Waals surface area contributed by atoms with E-state index < -0.39 is 0 Å². The maximum Gasteiger partial charge on any atom is 0.0574 e. The zero-order valence-electron chi connectivity index (χ0n) is 16.2. The SMILES string of the molecule is CCCC1=CCCC(/C(=N/C(C)(CC)CC)C2CCCCC2)C1. The van der Waals surface area contributed by atoms with E-state index in [1.165, 1.54) is 77.0 Å². The molecule has 0 N–H and O–H groups in total. The molecule has 2 aliphatic rings. The summed E-state index contributed by atoms with van der Waals surface area (Å²) in [5.74, 6) is 1.52. The van der Waals surface area contributed by atoms with Crippen LogP contribution in [-0.2, 0) is 0 Å². The van der Waals surface area contributed by atoms with Gasteiger partial charge < -0.3 is 0 Å². The molecule has 0 spiro atoms. The van der Waals surface area contributed by atoms with Crippen LogP contribution in [0.4, 0.5) is 0 Å². The average Bonchev–Trinajstić information content (AvgIpc) is 2.61. The van der Waals surface area contributed by atoms with Gasteiger partial charge in [-0.05, 0) is 64.2 Å². The van der Waals surface area contributed by atoms with Crippen LogP contribution in [-0.4, -0.2) is 11.3 Å². The fraction of sp³-hybridized carbons (Fsp3) is 0.864. The zero-order chi connectivity index (χ0) is 16.7. The molecule has 0 saturated heterocycles. The Morgan fingerprint density at radius 1 is 1.04 bits per heavy atom. The molecule has 1 fully saturated rings. The molecule has 1 nitrogen and oxygen atoms in total. The van der Waals surface area contributed by atoms with E-state index in [1.54, 1.807) is 11.3 Å². The Bertz CT molecular complexity index is 408. The van der Waals surface area contributed by atoms with E-state index in [2.05, 4.69) is 33.8 Å². The highest BCUT2D eigenvalue weighted by atomic mass is 14.9. The summed E-state index contributed by atoms with van der Waals surface area (Å²) in [7, 11) is 0. The monoisotopic (exact) mass is 317 g/mol. The summed E-state index contributed by atoms with van der Waals surface area (Å²) in [4.78, 5) is 5.48. The molecule has 0 bridgehead atoms. The fourth-order valence-electron chi connectivity index (χ4n) is 4.40. The van der Waals surface area contributed by atoms with Crippen molar-refractivity contribution < 1.29 is 0 Å². The standard InChI is InChI=1S/C22H39N/c1-5-12-18-13-11-16-20(17-18)21(19-14-9-8-10-15-19)23-22(4,6-2)7-3/h13,19-20H,5-12,14-17H2,1-4H3/b23-21+. The molecule has 0 radical (unpaired) electrons. The van der Waals surface area contributed by atoms with Crippen LogP contribution < -0.4 is 0 Å². The molecule has 1 atom stereocenters. The van der Waals surface area contributed by atoms with Crippen molar-refractivity contribution in [3.05, 3.63) is 11.6 Å². The predicted octanol–water partition coefficient (Wildman–Crippen LogP) is 7.11. The normalized spacial score (nSPS) is 24.6. The average molecular weight is 318 g/mol. The van der Waals surface area contributed by atoms with E-state index in [4.69, 9.17) is 4.99 Å². The third-order valence-electron chi connectivity index (χ3n) is 6.39. The lowest BCUT2D eigenvalue weighted by molar-refractivity contribution is 0.393. The molecule has 2 aliphatic carbocycles. The largest absolute Gasteiger partial charge is 0.287 e. The molecule has 0 aromatic heterocycles. The van der Waals surface area contributed by atoms with Crippen LogP contribution in [0.3, 0.4) is 0 Å². The summed E-state index contributed by atoms with van der Waals surface area (Å²) < 4.78 is 0. The Balaban J connectivity index is 2.22. The lowest BCUT2D eigenvalue weighted by atomic mass is 9.75. The molecule has 132 valence electrons. The molecule has 1 unspecified atom stereocenters. The van der Waals surface area contributed by atoms with Gasteiger partial charge in [0, 0.05) is 11.6 Å².